The molecule has 15 aromatic rings. The van der Waals surface area contributed by atoms with Gasteiger partial charge in [0, 0.05) is 39.2 Å². The first-order valence-electron chi connectivity index (χ1n) is 47.0. The number of nitrogens with zero attached hydrogens (tertiary/aromatic N) is 4. The Morgan fingerprint density at radius 1 is 0.290 bits per heavy atom. The minimum atomic E-state index is -0.674. The van der Waals surface area contributed by atoms with Crippen molar-refractivity contribution in [2.24, 2.45) is 0 Å². The van der Waals surface area contributed by atoms with Crippen LogP contribution in [0.1, 0.15) is 239 Å². The summed E-state index contributed by atoms with van der Waals surface area (Å²) >= 11 is 0. The van der Waals surface area contributed by atoms with Crippen LogP contribution in [0.15, 0.2) is 315 Å². The van der Waals surface area contributed by atoms with Crippen molar-refractivity contribution in [2.75, 3.05) is 4.90 Å². The number of aryl methyl sites for hydroxylation is 8. The van der Waals surface area contributed by atoms with Gasteiger partial charge in [0.2, 0.25) is 0 Å². The minimum Gasteiger partial charge on any atom is -0.311 e. The van der Waals surface area contributed by atoms with Crippen molar-refractivity contribution in [3.8, 4) is 89.8 Å². The summed E-state index contributed by atoms with van der Waals surface area (Å²) < 4.78 is 0. The van der Waals surface area contributed by atoms with Gasteiger partial charge in [0.1, 0.15) is 0 Å². The topological polar surface area (TPSA) is 41.9 Å². The van der Waals surface area contributed by atoms with E-state index >= 15 is 0 Å². The van der Waals surface area contributed by atoms with Crippen LogP contribution in [-0.2, 0) is 49.4 Å². The largest absolute Gasteiger partial charge is 0.311 e. The fourth-order valence-corrected chi connectivity index (χ4v) is 20.3. The number of benzene rings is 14. The maximum Gasteiger partial charge on any atom is 0.164 e. The lowest BCUT2D eigenvalue weighted by molar-refractivity contribution is 0.518. The fraction of sp³-hybridized carbons (Fsp3) is 0.275. The van der Waals surface area contributed by atoms with Crippen LogP contribution in [0.4, 0.5) is 17.1 Å². The van der Waals surface area contributed by atoms with Crippen molar-refractivity contribution in [3.05, 3.63) is 404 Å². The zero-order valence-electron chi connectivity index (χ0n) is 74.2. The van der Waals surface area contributed by atoms with Gasteiger partial charge in [-0.3, -0.25) is 0 Å². The summed E-state index contributed by atoms with van der Waals surface area (Å²) in [6, 6.07) is 123. The highest BCUT2D eigenvalue weighted by Gasteiger charge is 2.48. The Hall–Kier alpha value is -12.1. The molecule has 14 aromatic carbocycles. The molecule has 0 radical (unpaired) electrons. The predicted octanol–water partition coefficient (Wildman–Crippen LogP) is 32.4. The molecule has 4 nitrogen and oxygen atoms in total. The zero-order valence-corrected chi connectivity index (χ0v) is 74.2. The molecule has 0 N–H and O–H groups in total. The molecule has 1 aromatic heterocycles. The molecule has 620 valence electrons. The molecule has 1 heterocycles. The van der Waals surface area contributed by atoms with Gasteiger partial charge in [-0.05, 0) is 291 Å². The Morgan fingerprint density at radius 3 is 1.07 bits per heavy atom. The average molecular weight is 1620 g/mol. The number of hydrogen-bond acceptors (Lipinski definition) is 4. The first-order valence-corrected chi connectivity index (χ1v) is 47.0. The molecular weight excluding hydrogens is 1500 g/mol. The predicted molar refractivity (Wildman–Crippen MR) is 524 cm³/mol. The summed E-state index contributed by atoms with van der Waals surface area (Å²) in [5.74, 6) is 2.47. The highest BCUT2D eigenvalue weighted by molar-refractivity contribution is 5.93. The Kier molecular flexibility index (Phi) is 25.1. The molecule has 4 heteroatoms. The lowest BCUT2D eigenvalue weighted by Gasteiger charge is -2.35. The third-order valence-electron chi connectivity index (χ3n) is 27.9. The standard InChI is InChI=1S/C120H120N4/c1-8-12-15-20-27-86-38-61-102(62-39-86)119(77-26-19-23-30-89-37-46-91-49-52-97(91)78-89)112-79-98(92-47-50-96(51-48-92)118-122-116(94-31-24-18-25-32-94)121-117(123-118)95-44-33-83(5)34-45-95)57-73-108(112)109-74-59-100(80-113(109)119)101-60-76-111-110-75-58-99(93-55-71-107(72-56-93)124(105-67-35-84(6)36-68-105)106-69-53-90(54-70-106)85(7)11-4)81-114(110)120(115(111)82-101,103-63-40-87(41-64-103)28-21-16-13-9-2)104-65-42-88(43-66-104)29-22-17-14-10-3/h18,24-25,31-48,50-51,53-76,78-82,85H,8-17,19-23,26-30,49,52,77H2,1-7H3. The van der Waals surface area contributed by atoms with Crippen LogP contribution in [0.25, 0.3) is 89.8 Å². The third-order valence-corrected chi connectivity index (χ3v) is 27.9. The molecule has 0 bridgehead atoms. The van der Waals surface area contributed by atoms with E-state index in [4.69, 9.17) is 15.0 Å². The number of unbranched alkanes of at least 4 members (excludes halogenated alkanes) is 11. The summed E-state index contributed by atoms with van der Waals surface area (Å²) in [4.78, 5) is 17.9. The molecule has 3 aliphatic rings. The van der Waals surface area contributed by atoms with Crippen LogP contribution in [0.2, 0.25) is 0 Å². The maximum atomic E-state index is 5.19. The molecule has 0 fully saturated rings. The van der Waals surface area contributed by atoms with Gasteiger partial charge in [-0.1, -0.05) is 371 Å². The molecule has 2 atom stereocenters. The van der Waals surface area contributed by atoms with E-state index in [-0.39, 0.29) is 0 Å². The monoisotopic (exact) mass is 1620 g/mol. The van der Waals surface area contributed by atoms with Gasteiger partial charge in [-0.25, -0.2) is 15.0 Å². The molecule has 124 heavy (non-hydrogen) atoms. The molecule has 3 aliphatic carbocycles. The lowest BCUT2D eigenvalue weighted by Crippen LogP contribution is -2.29. The van der Waals surface area contributed by atoms with Gasteiger partial charge in [0.15, 0.2) is 17.5 Å². The van der Waals surface area contributed by atoms with Gasteiger partial charge < -0.3 is 4.90 Å². The van der Waals surface area contributed by atoms with E-state index in [1.807, 2.05) is 6.07 Å². The van der Waals surface area contributed by atoms with Crippen molar-refractivity contribution in [1.82, 2.24) is 15.0 Å². The van der Waals surface area contributed by atoms with Crippen molar-refractivity contribution in [3.63, 3.8) is 0 Å². The Bertz CT molecular complexity index is 6120. The normalized spacial score (nSPS) is 14.1. The van der Waals surface area contributed by atoms with Crippen LogP contribution in [-0.4, -0.2) is 15.0 Å². The van der Waals surface area contributed by atoms with Gasteiger partial charge >= 0.3 is 0 Å². The number of hydrogen-bond donors (Lipinski definition) is 0. The molecule has 0 spiro atoms. The van der Waals surface area contributed by atoms with E-state index in [0.29, 0.717) is 23.4 Å². The van der Waals surface area contributed by atoms with Crippen molar-refractivity contribution >= 4 is 17.1 Å². The van der Waals surface area contributed by atoms with Gasteiger partial charge in [0.25, 0.3) is 0 Å². The van der Waals surface area contributed by atoms with Crippen LogP contribution >= 0.6 is 0 Å². The third kappa shape index (κ3) is 17.0. The number of rotatable bonds is 35. The Balaban J connectivity index is 0.775. The van der Waals surface area contributed by atoms with E-state index in [1.165, 1.54) is 223 Å². The highest BCUT2D eigenvalue weighted by Crippen LogP contribution is 2.60. The van der Waals surface area contributed by atoms with Crippen molar-refractivity contribution in [1.29, 1.82) is 0 Å². The van der Waals surface area contributed by atoms with Gasteiger partial charge in [0.05, 0.1) is 5.41 Å². The molecular formula is C120H120N4. The maximum absolute atomic E-state index is 5.19. The lowest BCUT2D eigenvalue weighted by atomic mass is 9.66. The quantitative estimate of drug-likeness (QED) is 0.0371. The summed E-state index contributed by atoms with van der Waals surface area (Å²) in [5.41, 5.74) is 39.6. The van der Waals surface area contributed by atoms with E-state index in [0.717, 1.165) is 97.1 Å². The van der Waals surface area contributed by atoms with Crippen LogP contribution in [0, 0.1) is 13.8 Å². The van der Waals surface area contributed by atoms with E-state index in [2.05, 4.69) is 363 Å². The second-order valence-corrected chi connectivity index (χ2v) is 36.1. The highest BCUT2D eigenvalue weighted by atomic mass is 15.1. The molecule has 0 aliphatic heterocycles. The number of anilines is 3. The van der Waals surface area contributed by atoms with Gasteiger partial charge in [-0.2, -0.15) is 0 Å². The van der Waals surface area contributed by atoms with Crippen molar-refractivity contribution in [2.45, 2.75) is 213 Å². The molecule has 0 amide bonds. The molecule has 0 saturated carbocycles. The van der Waals surface area contributed by atoms with Crippen LogP contribution in [0.5, 0.6) is 0 Å². The fourth-order valence-electron chi connectivity index (χ4n) is 20.3. The zero-order chi connectivity index (χ0) is 84.5. The van der Waals surface area contributed by atoms with E-state index in [9.17, 15) is 0 Å². The SMILES string of the molecule is CCCCCCc1ccc(C2(CCCCCc3ccc4c(c3)CC4)c3cc(-c4ccc(-c5nc(-c6ccccc6)nc(-c6ccc(C)cc6)n5)cc4)ccc3-c3ccc(-c4ccc5c(c4)C(c4ccc(CCCCCC)cc4)(c4ccc(CCCCCC)cc4)c4cc(-c6ccc(N(c7ccc(C)cc7)c7ccc(C(C)CC)cc7)cc6)ccc4-5)cc32)cc1. The first kappa shape index (κ1) is 82.8. The molecule has 18 rings (SSSR count). The van der Waals surface area contributed by atoms with Crippen molar-refractivity contribution < 1.29 is 0 Å². The van der Waals surface area contributed by atoms with Gasteiger partial charge in [-0.15, -0.1) is 0 Å². The summed E-state index contributed by atoms with van der Waals surface area (Å²) in [6.07, 6.45) is 27.1. The van der Waals surface area contributed by atoms with Crippen LogP contribution < -0.4 is 4.90 Å². The summed E-state index contributed by atoms with van der Waals surface area (Å²) in [6.45, 7) is 15.8. The number of aromatic nitrogens is 3. The Morgan fingerprint density at radius 2 is 0.637 bits per heavy atom. The molecule has 0 saturated heterocycles. The minimum absolute atomic E-state index is 0.475. The smallest absolute Gasteiger partial charge is 0.164 e. The summed E-state index contributed by atoms with van der Waals surface area (Å²) in [7, 11) is 0. The second kappa shape index (κ2) is 37.5. The van der Waals surface area contributed by atoms with Crippen LogP contribution in [0.3, 0.4) is 0 Å². The van der Waals surface area contributed by atoms with E-state index < -0.39 is 10.8 Å². The first-order chi connectivity index (χ1) is 61.0. The number of fused-ring (bicyclic) bond motifs is 7. The Labute approximate surface area is 739 Å². The average Bonchev–Trinajstić information content (AvgIpc) is 1.53. The van der Waals surface area contributed by atoms with E-state index in [1.54, 1.807) is 5.56 Å². The summed E-state index contributed by atoms with van der Waals surface area (Å²) in [5, 5.41) is 0. The molecule has 2 unspecified atom stereocenters. The second-order valence-electron chi connectivity index (χ2n) is 36.1.